The van der Waals surface area contributed by atoms with E-state index >= 15 is 0 Å². The van der Waals surface area contributed by atoms with E-state index in [-0.39, 0.29) is 0 Å². The molecule has 0 unspecified atom stereocenters. The third kappa shape index (κ3) is 2.23. The van der Waals surface area contributed by atoms with Crippen LogP contribution in [0.25, 0.3) is 0 Å². The molecule has 76 valence electrons. The van der Waals surface area contributed by atoms with Crippen LogP contribution >= 0.6 is 11.6 Å². The number of hydrogen-bond acceptors (Lipinski definition) is 3. The zero-order chi connectivity index (χ0) is 10.7. The molecule has 0 saturated heterocycles. The Labute approximate surface area is 89.5 Å². The molecule has 3 nitrogen and oxygen atoms in total. The van der Waals surface area contributed by atoms with Gasteiger partial charge in [-0.25, -0.2) is 10.0 Å². The summed E-state index contributed by atoms with van der Waals surface area (Å²) in [6, 6.07) is 0. The van der Waals surface area contributed by atoms with Crippen LogP contribution in [0.2, 0.25) is 0 Å². The molecule has 0 bridgehead atoms. The first-order chi connectivity index (χ1) is 6.56. The second-order valence-electron chi connectivity index (χ2n) is 3.22. The highest BCUT2D eigenvalue weighted by Gasteiger charge is 2.15. The highest BCUT2D eigenvalue weighted by Crippen LogP contribution is 2.19. The van der Waals surface area contributed by atoms with Gasteiger partial charge in [-0.05, 0) is 26.3 Å². The molecule has 0 aromatic heterocycles. The van der Waals surface area contributed by atoms with E-state index in [0.717, 1.165) is 22.8 Å². The summed E-state index contributed by atoms with van der Waals surface area (Å²) in [7, 11) is 0. The molecule has 1 aliphatic heterocycles. The molecule has 0 aromatic rings. The standard InChI is InChI=1S/C10H14ClN3/c1-7-6-12-10(4)14(9(7)3)13-8(2)5-11/h6H,3,5H2,1-2,4H3/b13-8+. The van der Waals surface area contributed by atoms with Crippen LogP contribution in [0.3, 0.4) is 0 Å². The third-order valence-electron chi connectivity index (χ3n) is 1.93. The highest BCUT2D eigenvalue weighted by atomic mass is 35.5. The Balaban J connectivity index is 2.96. The summed E-state index contributed by atoms with van der Waals surface area (Å²) in [5.74, 6) is 1.23. The molecule has 0 radical (unpaired) electrons. The number of alkyl halides is 1. The fraction of sp³-hybridized carbons (Fsp3) is 0.400. The van der Waals surface area contributed by atoms with Crippen LogP contribution in [0, 0.1) is 0 Å². The van der Waals surface area contributed by atoms with Gasteiger partial charge >= 0.3 is 0 Å². The van der Waals surface area contributed by atoms with Crippen LogP contribution in [-0.2, 0) is 0 Å². The molecule has 0 saturated carbocycles. The Morgan fingerprint density at radius 2 is 2.29 bits per heavy atom. The Morgan fingerprint density at radius 3 is 2.86 bits per heavy atom. The maximum atomic E-state index is 5.66. The largest absolute Gasteiger partial charge is 0.241 e. The predicted octanol–water partition coefficient (Wildman–Crippen LogP) is 2.75. The van der Waals surface area contributed by atoms with Crippen LogP contribution < -0.4 is 0 Å². The van der Waals surface area contributed by atoms with E-state index in [1.54, 1.807) is 11.2 Å². The molecule has 14 heavy (non-hydrogen) atoms. The van der Waals surface area contributed by atoms with Crippen LogP contribution in [-0.4, -0.2) is 22.4 Å². The summed E-state index contributed by atoms with van der Waals surface area (Å²) in [5.41, 5.74) is 2.71. The summed E-state index contributed by atoms with van der Waals surface area (Å²) in [4.78, 5) is 4.20. The molecule has 1 rings (SSSR count). The third-order valence-corrected chi connectivity index (χ3v) is 2.31. The van der Waals surface area contributed by atoms with E-state index in [1.807, 2.05) is 20.8 Å². The Morgan fingerprint density at radius 1 is 1.64 bits per heavy atom. The minimum absolute atomic E-state index is 0.416. The molecular formula is C10H14ClN3. The number of hydrazone groups is 1. The number of nitrogens with zero attached hydrogens (tertiary/aromatic N) is 3. The van der Waals surface area contributed by atoms with Crippen molar-refractivity contribution in [1.82, 2.24) is 5.01 Å². The van der Waals surface area contributed by atoms with E-state index in [2.05, 4.69) is 16.7 Å². The molecule has 0 fully saturated rings. The second-order valence-corrected chi connectivity index (χ2v) is 3.48. The summed E-state index contributed by atoms with van der Waals surface area (Å²) in [6.07, 6.45) is 1.79. The lowest BCUT2D eigenvalue weighted by molar-refractivity contribution is 0.550. The van der Waals surface area contributed by atoms with Gasteiger partial charge in [0.15, 0.2) is 0 Å². The number of hydrogen-bond donors (Lipinski definition) is 0. The average Bonchev–Trinajstić information content (AvgIpc) is 2.18. The van der Waals surface area contributed by atoms with Crippen molar-refractivity contribution in [2.45, 2.75) is 20.8 Å². The van der Waals surface area contributed by atoms with Crippen molar-refractivity contribution in [3.63, 3.8) is 0 Å². The number of allylic oxidation sites excluding steroid dienone is 1. The van der Waals surface area contributed by atoms with Gasteiger partial charge in [-0.3, -0.25) is 0 Å². The van der Waals surface area contributed by atoms with E-state index in [1.165, 1.54) is 0 Å². The van der Waals surface area contributed by atoms with Crippen molar-refractivity contribution in [1.29, 1.82) is 0 Å². The second kappa shape index (κ2) is 4.42. The lowest BCUT2D eigenvalue weighted by Crippen LogP contribution is -2.26. The molecule has 0 aromatic carbocycles. The molecule has 0 amide bonds. The van der Waals surface area contributed by atoms with Gasteiger partial charge in [-0.15, -0.1) is 11.6 Å². The van der Waals surface area contributed by atoms with Gasteiger partial charge in [0, 0.05) is 6.20 Å². The molecule has 0 N–H and O–H groups in total. The highest BCUT2D eigenvalue weighted by molar-refractivity contribution is 6.28. The van der Waals surface area contributed by atoms with Crippen LogP contribution in [0.5, 0.6) is 0 Å². The van der Waals surface area contributed by atoms with Crippen molar-refractivity contribution >= 4 is 23.1 Å². The predicted molar refractivity (Wildman–Crippen MR) is 61.7 cm³/mol. The lowest BCUT2D eigenvalue weighted by atomic mass is 10.2. The van der Waals surface area contributed by atoms with Crippen molar-refractivity contribution < 1.29 is 0 Å². The first-order valence-electron chi connectivity index (χ1n) is 4.37. The zero-order valence-electron chi connectivity index (χ0n) is 8.71. The van der Waals surface area contributed by atoms with Crippen molar-refractivity contribution in [2.24, 2.45) is 10.1 Å². The molecule has 4 heteroatoms. The first kappa shape index (κ1) is 11.0. The van der Waals surface area contributed by atoms with Crippen molar-refractivity contribution in [2.75, 3.05) is 5.88 Å². The first-order valence-corrected chi connectivity index (χ1v) is 4.90. The Bertz CT molecular complexity index is 337. The topological polar surface area (TPSA) is 28.0 Å². The number of aliphatic imine (C=N–C) groups is 1. The van der Waals surface area contributed by atoms with Crippen LogP contribution in [0.1, 0.15) is 20.8 Å². The van der Waals surface area contributed by atoms with Gasteiger partial charge in [0.05, 0.1) is 17.3 Å². The molecule has 1 aliphatic rings. The van der Waals surface area contributed by atoms with Gasteiger partial charge in [-0.1, -0.05) is 6.58 Å². The van der Waals surface area contributed by atoms with Crippen molar-refractivity contribution in [3.05, 3.63) is 24.0 Å². The number of halogens is 1. The zero-order valence-corrected chi connectivity index (χ0v) is 9.47. The normalized spacial score (nSPS) is 18.1. The van der Waals surface area contributed by atoms with Crippen molar-refractivity contribution in [3.8, 4) is 0 Å². The Kier molecular flexibility index (Phi) is 3.47. The van der Waals surface area contributed by atoms with E-state index in [9.17, 15) is 0 Å². The lowest BCUT2D eigenvalue weighted by Gasteiger charge is -2.24. The number of rotatable bonds is 2. The fourth-order valence-electron chi connectivity index (χ4n) is 1.01. The summed E-state index contributed by atoms with van der Waals surface area (Å²) >= 11 is 5.66. The smallest absolute Gasteiger partial charge is 0.127 e. The minimum atomic E-state index is 0.416. The van der Waals surface area contributed by atoms with Gasteiger partial charge in [0.25, 0.3) is 0 Å². The molecule has 0 atom stereocenters. The maximum absolute atomic E-state index is 5.66. The van der Waals surface area contributed by atoms with Gasteiger partial charge < -0.3 is 0 Å². The SMILES string of the molecule is C=C1C(C)=CN=C(C)N1/N=C(\C)CCl. The van der Waals surface area contributed by atoms with Gasteiger partial charge in [-0.2, -0.15) is 5.10 Å². The number of amidine groups is 1. The van der Waals surface area contributed by atoms with E-state index < -0.39 is 0 Å². The quantitative estimate of drug-likeness (QED) is 0.510. The minimum Gasteiger partial charge on any atom is -0.241 e. The molecular weight excluding hydrogens is 198 g/mol. The van der Waals surface area contributed by atoms with Crippen LogP contribution in [0.15, 0.2) is 34.1 Å². The Hall–Kier alpha value is -1.09. The summed E-state index contributed by atoms with van der Waals surface area (Å²) in [6.45, 7) is 9.66. The summed E-state index contributed by atoms with van der Waals surface area (Å²) < 4.78 is 0. The monoisotopic (exact) mass is 211 g/mol. The van der Waals surface area contributed by atoms with Gasteiger partial charge in [0.1, 0.15) is 5.84 Å². The summed E-state index contributed by atoms with van der Waals surface area (Å²) in [5, 5.41) is 6.03. The fourth-order valence-corrected chi connectivity index (χ4v) is 1.07. The average molecular weight is 212 g/mol. The molecule has 0 spiro atoms. The molecule has 1 heterocycles. The van der Waals surface area contributed by atoms with E-state index in [4.69, 9.17) is 11.6 Å². The van der Waals surface area contributed by atoms with E-state index in [0.29, 0.717) is 5.88 Å². The maximum Gasteiger partial charge on any atom is 0.127 e. The molecule has 0 aliphatic carbocycles. The van der Waals surface area contributed by atoms with Crippen LogP contribution in [0.4, 0.5) is 0 Å². The van der Waals surface area contributed by atoms with Gasteiger partial charge in [0.2, 0.25) is 0 Å².